The summed E-state index contributed by atoms with van der Waals surface area (Å²) in [5.41, 5.74) is 1.24. The molecular weight excluding hydrogens is 219 g/mol. The van der Waals surface area contributed by atoms with Gasteiger partial charge in [-0.05, 0) is 18.2 Å². The third-order valence-electron chi connectivity index (χ3n) is 1.58. The van der Waals surface area contributed by atoms with E-state index in [1.807, 2.05) is 0 Å². The second kappa shape index (κ2) is 5.70. The fourth-order valence-corrected chi connectivity index (χ4v) is 1.18. The lowest BCUT2D eigenvalue weighted by Crippen LogP contribution is -1.84. The second-order valence-corrected chi connectivity index (χ2v) is 3.38. The zero-order valence-electron chi connectivity index (χ0n) is 7.39. The van der Waals surface area contributed by atoms with Gasteiger partial charge in [0.1, 0.15) is 0 Å². The monoisotopic (exact) mass is 226 g/mol. The van der Waals surface area contributed by atoms with Gasteiger partial charge in [-0.1, -0.05) is 23.4 Å². The molecule has 14 heavy (non-hydrogen) atoms. The van der Waals surface area contributed by atoms with Crippen molar-refractivity contribution in [1.29, 1.82) is 0 Å². The molecule has 0 aliphatic rings. The molecule has 0 aliphatic carbocycles. The smallest absolute Gasteiger partial charge is 0.151 e. The molecule has 1 aromatic rings. The summed E-state index contributed by atoms with van der Waals surface area (Å²) in [6.45, 7) is 0. The van der Waals surface area contributed by atoms with Crippen molar-refractivity contribution in [3.8, 4) is 11.8 Å². The Morgan fingerprint density at radius 3 is 2.86 bits per heavy atom. The van der Waals surface area contributed by atoms with Crippen LogP contribution in [0.25, 0.3) is 0 Å². The zero-order valence-corrected chi connectivity index (χ0v) is 8.90. The normalized spacial score (nSPS) is 9.00. The molecule has 0 spiro atoms. The first-order valence-corrected chi connectivity index (χ1v) is 4.98. The van der Waals surface area contributed by atoms with Gasteiger partial charge in [-0.2, -0.15) is 0 Å². The molecule has 1 aromatic carbocycles. The Hall–Kier alpha value is -0.970. The van der Waals surface area contributed by atoms with E-state index in [4.69, 9.17) is 23.2 Å². The van der Waals surface area contributed by atoms with Crippen molar-refractivity contribution in [3.63, 3.8) is 0 Å². The van der Waals surface area contributed by atoms with E-state index in [1.54, 1.807) is 18.2 Å². The maximum absolute atomic E-state index is 10.6. The third kappa shape index (κ3) is 3.06. The first kappa shape index (κ1) is 11.1. The fraction of sp³-hybridized carbons (Fsp3) is 0.182. The number of carbonyl (C=O) groups excluding carboxylic acids is 1. The van der Waals surface area contributed by atoms with E-state index in [1.165, 1.54) is 0 Å². The highest BCUT2D eigenvalue weighted by atomic mass is 35.5. The predicted octanol–water partition coefficient (Wildman–Crippen LogP) is 3.13. The molecule has 1 rings (SSSR count). The maximum Gasteiger partial charge on any atom is 0.151 e. The Morgan fingerprint density at radius 2 is 2.21 bits per heavy atom. The molecule has 0 saturated carbocycles. The number of alkyl halides is 1. The van der Waals surface area contributed by atoms with Crippen molar-refractivity contribution < 1.29 is 4.79 Å². The summed E-state index contributed by atoms with van der Waals surface area (Å²) in [7, 11) is 0. The molecule has 0 bridgehead atoms. The predicted molar refractivity (Wildman–Crippen MR) is 59.1 cm³/mol. The SMILES string of the molecule is O=Cc1cc(C#CCCCl)ccc1Cl. The van der Waals surface area contributed by atoms with E-state index in [-0.39, 0.29) is 0 Å². The van der Waals surface area contributed by atoms with Gasteiger partial charge in [-0.15, -0.1) is 11.6 Å². The molecular formula is C11H8Cl2O. The van der Waals surface area contributed by atoms with Crippen LogP contribution in [0.5, 0.6) is 0 Å². The van der Waals surface area contributed by atoms with Crippen molar-refractivity contribution in [2.75, 3.05) is 5.88 Å². The third-order valence-corrected chi connectivity index (χ3v) is 2.11. The van der Waals surface area contributed by atoms with Gasteiger partial charge >= 0.3 is 0 Å². The lowest BCUT2D eigenvalue weighted by molar-refractivity contribution is 0.112. The fourth-order valence-electron chi connectivity index (χ4n) is 0.924. The molecule has 0 N–H and O–H groups in total. The molecule has 0 heterocycles. The highest BCUT2D eigenvalue weighted by Crippen LogP contribution is 2.14. The summed E-state index contributed by atoms with van der Waals surface area (Å²) >= 11 is 11.2. The molecule has 1 nitrogen and oxygen atoms in total. The summed E-state index contributed by atoms with van der Waals surface area (Å²) in [6.07, 6.45) is 1.36. The Bertz CT molecular complexity index is 388. The van der Waals surface area contributed by atoms with Crippen molar-refractivity contribution >= 4 is 29.5 Å². The highest BCUT2D eigenvalue weighted by molar-refractivity contribution is 6.32. The van der Waals surface area contributed by atoms with Gasteiger partial charge in [0.15, 0.2) is 6.29 Å². The standard InChI is InChI=1S/C11H8Cl2O/c12-6-2-1-3-9-4-5-11(13)10(7-9)8-14/h4-5,7-8H,2,6H2. The van der Waals surface area contributed by atoms with Crippen LogP contribution in [0.4, 0.5) is 0 Å². The molecule has 0 saturated heterocycles. The van der Waals surface area contributed by atoms with E-state index >= 15 is 0 Å². The molecule has 0 atom stereocenters. The number of rotatable bonds is 2. The van der Waals surface area contributed by atoms with Crippen molar-refractivity contribution in [3.05, 3.63) is 34.3 Å². The molecule has 0 aromatic heterocycles. The lowest BCUT2D eigenvalue weighted by atomic mass is 10.1. The zero-order chi connectivity index (χ0) is 10.4. The van der Waals surface area contributed by atoms with E-state index in [0.29, 0.717) is 22.9 Å². The summed E-state index contributed by atoms with van der Waals surface area (Å²) in [6, 6.07) is 5.10. The molecule has 0 aliphatic heterocycles. The Balaban J connectivity index is 2.91. The summed E-state index contributed by atoms with van der Waals surface area (Å²) in [5, 5.41) is 0.447. The average molecular weight is 227 g/mol. The summed E-state index contributed by atoms with van der Waals surface area (Å²) < 4.78 is 0. The number of benzene rings is 1. The minimum Gasteiger partial charge on any atom is -0.298 e. The van der Waals surface area contributed by atoms with Crippen molar-refractivity contribution in [2.24, 2.45) is 0 Å². The molecule has 0 amide bonds. The summed E-state index contributed by atoms with van der Waals surface area (Å²) in [5.74, 6) is 6.29. The van der Waals surface area contributed by atoms with Crippen molar-refractivity contribution in [1.82, 2.24) is 0 Å². The second-order valence-electron chi connectivity index (χ2n) is 2.59. The topological polar surface area (TPSA) is 17.1 Å². The van der Waals surface area contributed by atoms with Gasteiger partial charge in [-0.25, -0.2) is 0 Å². The van der Waals surface area contributed by atoms with Crippen LogP contribution in [0.1, 0.15) is 22.3 Å². The van der Waals surface area contributed by atoms with Crippen molar-refractivity contribution in [2.45, 2.75) is 6.42 Å². The van der Waals surface area contributed by atoms with Crippen LogP contribution < -0.4 is 0 Å². The summed E-state index contributed by atoms with van der Waals surface area (Å²) in [4.78, 5) is 10.6. The van der Waals surface area contributed by atoms with E-state index in [9.17, 15) is 4.79 Å². The Kier molecular flexibility index (Phi) is 4.52. The molecule has 3 heteroatoms. The van der Waals surface area contributed by atoms with Gasteiger partial charge in [0.05, 0.1) is 5.02 Å². The minimum absolute atomic E-state index is 0.447. The van der Waals surface area contributed by atoms with Gasteiger partial charge < -0.3 is 0 Å². The van der Waals surface area contributed by atoms with Crippen LogP contribution in [0, 0.1) is 11.8 Å². The first-order valence-electron chi connectivity index (χ1n) is 4.07. The Labute approximate surface area is 93.0 Å². The number of aldehydes is 1. The molecule has 72 valence electrons. The van der Waals surface area contributed by atoms with Crippen LogP contribution in [-0.2, 0) is 0 Å². The quantitative estimate of drug-likeness (QED) is 0.431. The van der Waals surface area contributed by atoms with Crippen LogP contribution in [0.2, 0.25) is 5.02 Å². The molecule has 0 fully saturated rings. The number of hydrogen-bond donors (Lipinski definition) is 0. The van der Waals surface area contributed by atoms with Gasteiger partial charge in [0, 0.05) is 23.4 Å². The van der Waals surface area contributed by atoms with Crippen LogP contribution in [-0.4, -0.2) is 12.2 Å². The van der Waals surface area contributed by atoms with Crippen LogP contribution in [0.3, 0.4) is 0 Å². The highest BCUT2D eigenvalue weighted by Gasteiger charge is 1.98. The largest absolute Gasteiger partial charge is 0.298 e. The first-order chi connectivity index (χ1) is 6.77. The minimum atomic E-state index is 0.447. The number of carbonyl (C=O) groups is 1. The maximum atomic E-state index is 10.6. The molecule has 0 radical (unpaired) electrons. The van der Waals surface area contributed by atoms with Gasteiger partial charge in [0.2, 0.25) is 0 Å². The van der Waals surface area contributed by atoms with Crippen LogP contribution in [0.15, 0.2) is 18.2 Å². The molecule has 0 unspecified atom stereocenters. The van der Waals surface area contributed by atoms with Gasteiger partial charge in [0.25, 0.3) is 0 Å². The number of halogens is 2. The average Bonchev–Trinajstić information content (AvgIpc) is 2.21. The number of hydrogen-bond acceptors (Lipinski definition) is 1. The van der Waals surface area contributed by atoms with Gasteiger partial charge in [-0.3, -0.25) is 4.79 Å². The van der Waals surface area contributed by atoms with E-state index in [2.05, 4.69) is 11.8 Å². The van der Waals surface area contributed by atoms with E-state index < -0.39 is 0 Å². The Morgan fingerprint density at radius 1 is 1.43 bits per heavy atom. The van der Waals surface area contributed by atoms with Crippen LogP contribution >= 0.6 is 23.2 Å². The van der Waals surface area contributed by atoms with E-state index in [0.717, 1.165) is 11.8 Å². The lowest BCUT2D eigenvalue weighted by Gasteiger charge is -1.95.